The zero-order valence-corrected chi connectivity index (χ0v) is 15.6. The molecule has 1 aliphatic heterocycles. The van der Waals surface area contributed by atoms with Crippen LogP contribution >= 0.6 is 23.4 Å². The number of esters is 1. The smallest absolute Gasteiger partial charge is 0.328 e. The van der Waals surface area contributed by atoms with Crippen molar-refractivity contribution in [3.05, 3.63) is 27.6 Å². The first-order valence-corrected chi connectivity index (χ1v) is 8.29. The summed E-state index contributed by atoms with van der Waals surface area (Å²) in [6, 6.07) is 2.14. The third kappa shape index (κ3) is 3.74. The van der Waals surface area contributed by atoms with Crippen LogP contribution in [0.1, 0.15) is 12.5 Å². The molecule has 1 atom stereocenters. The van der Waals surface area contributed by atoms with E-state index in [1.807, 2.05) is 0 Å². The Balaban J connectivity index is 2.38. The van der Waals surface area contributed by atoms with E-state index in [1.165, 1.54) is 34.3 Å². The highest BCUT2D eigenvalue weighted by Gasteiger charge is 2.41. The SMILES string of the molecule is COC(=O)[C@H](C)N1C(=O)S/C(=C\c2cc(OC)c(OC)cc2Cl)C1=O. The van der Waals surface area contributed by atoms with E-state index in [-0.39, 0.29) is 4.91 Å². The molecule has 1 aromatic carbocycles. The molecule has 0 radical (unpaired) electrons. The number of benzene rings is 1. The first-order chi connectivity index (χ1) is 11.8. The highest BCUT2D eigenvalue weighted by atomic mass is 35.5. The molecule has 1 heterocycles. The molecule has 2 amide bonds. The Hall–Kier alpha value is -2.19. The maximum atomic E-state index is 12.5. The van der Waals surface area contributed by atoms with Crippen molar-refractivity contribution in [2.75, 3.05) is 21.3 Å². The van der Waals surface area contributed by atoms with Gasteiger partial charge in [0.05, 0.1) is 31.3 Å². The van der Waals surface area contributed by atoms with Crippen LogP contribution in [0.5, 0.6) is 11.5 Å². The van der Waals surface area contributed by atoms with Gasteiger partial charge in [-0.3, -0.25) is 14.5 Å². The molecule has 7 nitrogen and oxygen atoms in total. The van der Waals surface area contributed by atoms with Crippen molar-refractivity contribution >= 4 is 46.6 Å². The molecule has 9 heteroatoms. The molecule has 1 fully saturated rings. The zero-order valence-electron chi connectivity index (χ0n) is 14.0. The van der Waals surface area contributed by atoms with Crippen molar-refractivity contribution in [2.24, 2.45) is 0 Å². The summed E-state index contributed by atoms with van der Waals surface area (Å²) in [5.74, 6) is -0.385. The fourth-order valence-electron chi connectivity index (χ4n) is 2.21. The van der Waals surface area contributed by atoms with Crippen molar-refractivity contribution < 1.29 is 28.6 Å². The molecule has 2 rings (SSSR count). The Bertz CT molecular complexity index is 763. The molecule has 0 N–H and O–H groups in total. The van der Waals surface area contributed by atoms with E-state index in [0.717, 1.165) is 16.7 Å². The molecule has 0 aliphatic carbocycles. The number of nitrogens with zero attached hydrogens (tertiary/aromatic N) is 1. The normalized spacial score (nSPS) is 17.0. The van der Waals surface area contributed by atoms with Crippen LogP contribution in [-0.4, -0.2) is 49.4 Å². The van der Waals surface area contributed by atoms with E-state index in [2.05, 4.69) is 4.74 Å². The van der Waals surface area contributed by atoms with Crippen molar-refractivity contribution in [1.29, 1.82) is 0 Å². The van der Waals surface area contributed by atoms with Crippen LogP contribution in [0.4, 0.5) is 4.79 Å². The van der Waals surface area contributed by atoms with Gasteiger partial charge in [-0.25, -0.2) is 4.79 Å². The number of halogens is 1. The van der Waals surface area contributed by atoms with Gasteiger partial charge in [-0.1, -0.05) is 11.6 Å². The fourth-order valence-corrected chi connectivity index (χ4v) is 3.32. The molecule has 0 saturated carbocycles. The van der Waals surface area contributed by atoms with Gasteiger partial charge in [0, 0.05) is 6.07 Å². The summed E-state index contributed by atoms with van der Waals surface area (Å²) in [6.45, 7) is 1.43. The minimum absolute atomic E-state index is 0.148. The number of rotatable bonds is 5. The number of amides is 2. The predicted octanol–water partition coefficient (Wildman–Crippen LogP) is 2.96. The van der Waals surface area contributed by atoms with Crippen LogP contribution in [0.3, 0.4) is 0 Å². The second kappa shape index (κ2) is 7.79. The molecule has 1 saturated heterocycles. The van der Waals surface area contributed by atoms with Crippen LogP contribution < -0.4 is 9.47 Å². The van der Waals surface area contributed by atoms with Gasteiger partial charge in [0.15, 0.2) is 11.5 Å². The van der Waals surface area contributed by atoms with Crippen molar-refractivity contribution in [2.45, 2.75) is 13.0 Å². The highest BCUT2D eigenvalue weighted by Crippen LogP contribution is 2.38. The van der Waals surface area contributed by atoms with Gasteiger partial charge in [-0.2, -0.15) is 0 Å². The van der Waals surface area contributed by atoms with Crippen LogP contribution in [-0.2, 0) is 14.3 Å². The average Bonchev–Trinajstić information content (AvgIpc) is 2.88. The van der Waals surface area contributed by atoms with Gasteiger partial charge in [0.2, 0.25) is 0 Å². The molecule has 1 aromatic rings. The van der Waals surface area contributed by atoms with E-state index in [0.29, 0.717) is 22.1 Å². The number of ether oxygens (including phenoxy) is 3. The molecule has 0 aromatic heterocycles. The summed E-state index contributed by atoms with van der Waals surface area (Å²) in [5.41, 5.74) is 0.482. The molecular formula is C16H16ClNO6S. The second-order valence-corrected chi connectivity index (χ2v) is 6.38. The number of hydrogen-bond donors (Lipinski definition) is 0. The van der Waals surface area contributed by atoms with Crippen LogP contribution in [0, 0.1) is 0 Å². The Morgan fingerprint density at radius 1 is 1.20 bits per heavy atom. The third-order valence-electron chi connectivity index (χ3n) is 3.54. The van der Waals surface area contributed by atoms with Gasteiger partial charge in [0.25, 0.3) is 11.1 Å². The van der Waals surface area contributed by atoms with Crippen molar-refractivity contribution in [3.8, 4) is 11.5 Å². The maximum absolute atomic E-state index is 12.5. The molecule has 0 bridgehead atoms. The quantitative estimate of drug-likeness (QED) is 0.569. The number of carbonyl (C=O) groups excluding carboxylic acids is 3. The Morgan fingerprint density at radius 2 is 1.80 bits per heavy atom. The highest BCUT2D eigenvalue weighted by molar-refractivity contribution is 8.18. The largest absolute Gasteiger partial charge is 0.493 e. The predicted molar refractivity (Wildman–Crippen MR) is 93.8 cm³/mol. The first kappa shape index (κ1) is 19.1. The van der Waals surface area contributed by atoms with Gasteiger partial charge in [0.1, 0.15) is 6.04 Å². The average molecular weight is 386 g/mol. The topological polar surface area (TPSA) is 82.1 Å². The van der Waals surface area contributed by atoms with Crippen molar-refractivity contribution in [1.82, 2.24) is 4.90 Å². The number of hydrogen-bond acceptors (Lipinski definition) is 7. The summed E-state index contributed by atoms with van der Waals surface area (Å²) in [7, 11) is 4.14. The maximum Gasteiger partial charge on any atom is 0.328 e. The van der Waals surface area contributed by atoms with E-state index < -0.39 is 23.2 Å². The molecular weight excluding hydrogens is 370 g/mol. The van der Waals surface area contributed by atoms with E-state index in [1.54, 1.807) is 12.1 Å². The lowest BCUT2D eigenvalue weighted by Crippen LogP contribution is -2.42. The van der Waals surface area contributed by atoms with Crippen molar-refractivity contribution in [3.63, 3.8) is 0 Å². The lowest BCUT2D eigenvalue weighted by atomic mass is 10.1. The lowest BCUT2D eigenvalue weighted by molar-refractivity contribution is -0.148. The summed E-state index contributed by atoms with van der Waals surface area (Å²) in [4.78, 5) is 37.2. The van der Waals surface area contributed by atoms with Crippen LogP contribution in [0.15, 0.2) is 17.0 Å². The third-order valence-corrected chi connectivity index (χ3v) is 4.75. The fraction of sp³-hybridized carbons (Fsp3) is 0.312. The second-order valence-electron chi connectivity index (χ2n) is 4.98. The van der Waals surface area contributed by atoms with E-state index >= 15 is 0 Å². The number of carbonyl (C=O) groups is 3. The van der Waals surface area contributed by atoms with E-state index in [4.69, 9.17) is 21.1 Å². The lowest BCUT2D eigenvalue weighted by Gasteiger charge is -2.18. The molecule has 0 unspecified atom stereocenters. The number of imide groups is 1. The number of methoxy groups -OCH3 is 3. The Morgan fingerprint density at radius 3 is 2.36 bits per heavy atom. The monoisotopic (exact) mass is 385 g/mol. The minimum atomic E-state index is -1.01. The summed E-state index contributed by atoms with van der Waals surface area (Å²) in [6.07, 6.45) is 1.47. The first-order valence-electron chi connectivity index (χ1n) is 7.10. The Kier molecular flexibility index (Phi) is 5.97. The molecule has 134 valence electrons. The van der Waals surface area contributed by atoms with Gasteiger partial charge in [-0.05, 0) is 36.4 Å². The molecule has 1 aliphatic rings. The molecule has 25 heavy (non-hydrogen) atoms. The van der Waals surface area contributed by atoms with Gasteiger partial charge < -0.3 is 14.2 Å². The van der Waals surface area contributed by atoms with Crippen LogP contribution in [0.2, 0.25) is 5.02 Å². The minimum Gasteiger partial charge on any atom is -0.493 e. The van der Waals surface area contributed by atoms with Gasteiger partial charge >= 0.3 is 5.97 Å². The zero-order chi connectivity index (χ0) is 18.7. The summed E-state index contributed by atoms with van der Waals surface area (Å²) < 4.78 is 14.9. The van der Waals surface area contributed by atoms with Crippen LogP contribution in [0.25, 0.3) is 6.08 Å². The van der Waals surface area contributed by atoms with Gasteiger partial charge in [-0.15, -0.1) is 0 Å². The number of thioether (sulfide) groups is 1. The molecule has 0 spiro atoms. The summed E-state index contributed by atoms with van der Waals surface area (Å²) >= 11 is 6.92. The van der Waals surface area contributed by atoms with E-state index in [9.17, 15) is 14.4 Å². The Labute approximate surface area is 153 Å². The standard InChI is InChI=1S/C16H16ClNO6S/c1-8(15(20)24-4)18-14(19)13(25-16(18)21)6-9-5-11(22-2)12(23-3)7-10(9)17/h5-8H,1-4H3/b13-6-/t8-/m0/s1. The summed E-state index contributed by atoms with van der Waals surface area (Å²) in [5, 5.41) is -0.226.